The highest BCUT2D eigenvalue weighted by atomic mass is 32.1. The first-order valence-corrected chi connectivity index (χ1v) is 13.2. The zero-order chi connectivity index (χ0) is 27.1. The first-order valence-electron chi connectivity index (χ1n) is 12.4. The number of primary amides is 1. The van der Waals surface area contributed by atoms with E-state index < -0.39 is 22.9 Å². The minimum absolute atomic E-state index is 0.240. The molecule has 38 heavy (non-hydrogen) atoms. The number of carbonyl (C=O) groups excluding carboxylic acids is 2. The molecule has 11 heteroatoms. The lowest BCUT2D eigenvalue weighted by Crippen LogP contribution is -2.46. The van der Waals surface area contributed by atoms with Gasteiger partial charge in [-0.3, -0.25) is 9.69 Å². The lowest BCUT2D eigenvalue weighted by atomic mass is 9.91. The molecule has 9 nitrogen and oxygen atoms in total. The number of rotatable bonds is 7. The smallest absolute Gasteiger partial charge is 0.407 e. The first kappa shape index (κ1) is 26.1. The molecule has 2 aliphatic rings. The zero-order valence-electron chi connectivity index (χ0n) is 21.2. The van der Waals surface area contributed by atoms with E-state index in [9.17, 15) is 19.1 Å². The first-order chi connectivity index (χ1) is 18.0. The average Bonchev–Trinajstić information content (AvgIpc) is 3.44. The van der Waals surface area contributed by atoms with Crippen molar-refractivity contribution in [3.05, 3.63) is 65.1 Å². The molecule has 0 radical (unpaired) electrons. The number of nitrogens with zero attached hydrogens (tertiary/aromatic N) is 2. The molecule has 0 bridgehead atoms. The Morgan fingerprint density at radius 3 is 2.68 bits per heavy atom. The second kappa shape index (κ2) is 9.97. The van der Waals surface area contributed by atoms with Crippen molar-refractivity contribution in [2.24, 2.45) is 5.73 Å². The number of amides is 2. The van der Waals surface area contributed by atoms with Crippen LogP contribution in [0.4, 0.5) is 20.0 Å². The van der Waals surface area contributed by atoms with E-state index in [4.69, 9.17) is 15.5 Å². The van der Waals surface area contributed by atoms with Gasteiger partial charge in [0.1, 0.15) is 22.2 Å². The zero-order valence-corrected chi connectivity index (χ0v) is 22.0. The third-order valence-electron chi connectivity index (χ3n) is 7.00. The molecule has 1 spiro atoms. The lowest BCUT2D eigenvalue weighted by Gasteiger charge is -2.36. The topological polar surface area (TPSA) is 130 Å². The molecule has 5 N–H and O–H groups in total. The predicted molar refractivity (Wildman–Crippen MR) is 143 cm³/mol. The molecule has 0 unspecified atom stereocenters. The van der Waals surface area contributed by atoms with Crippen LogP contribution in [0.1, 0.15) is 48.3 Å². The summed E-state index contributed by atoms with van der Waals surface area (Å²) in [6.45, 7) is 5.93. The number of aromatic nitrogens is 1. The number of pyridine rings is 1. The van der Waals surface area contributed by atoms with Crippen LogP contribution in [0.15, 0.2) is 42.5 Å². The number of anilines is 2. The fraction of sp³-hybridized carbons (Fsp3) is 0.370. The normalized spacial score (nSPS) is 17.3. The van der Waals surface area contributed by atoms with E-state index >= 15 is 0 Å². The molecule has 0 aliphatic carbocycles. The Labute approximate surface area is 223 Å². The van der Waals surface area contributed by atoms with Crippen LogP contribution in [0, 0.1) is 5.82 Å². The summed E-state index contributed by atoms with van der Waals surface area (Å²) in [6.07, 6.45) is 1.17. The summed E-state index contributed by atoms with van der Waals surface area (Å²) in [5.41, 5.74) is 5.90. The van der Waals surface area contributed by atoms with Crippen LogP contribution in [0.3, 0.4) is 0 Å². The van der Waals surface area contributed by atoms with E-state index in [0.717, 1.165) is 31.6 Å². The monoisotopic (exact) mass is 539 g/mol. The van der Waals surface area contributed by atoms with Crippen LogP contribution in [-0.4, -0.2) is 52.2 Å². The molecule has 2 aromatic heterocycles. The molecular formula is C27H30FN5O4S. The summed E-state index contributed by atoms with van der Waals surface area (Å²) >= 11 is 1.20. The number of carbonyl (C=O) groups is 2. The van der Waals surface area contributed by atoms with Gasteiger partial charge in [-0.05, 0) is 43.7 Å². The van der Waals surface area contributed by atoms with Crippen molar-refractivity contribution in [3.8, 4) is 10.4 Å². The van der Waals surface area contributed by atoms with Gasteiger partial charge in [-0.15, -0.1) is 11.3 Å². The molecule has 2 fully saturated rings. The Bertz CT molecular complexity index is 1380. The Hall–Kier alpha value is -3.54. The Morgan fingerprint density at radius 1 is 1.29 bits per heavy atom. The van der Waals surface area contributed by atoms with Gasteiger partial charge in [-0.25, -0.2) is 14.2 Å². The molecule has 200 valence electrons. The number of hydrogen-bond donors (Lipinski definition) is 4. The van der Waals surface area contributed by atoms with Gasteiger partial charge in [-0.2, -0.15) is 0 Å². The van der Waals surface area contributed by atoms with E-state index in [0.29, 0.717) is 39.9 Å². The maximum Gasteiger partial charge on any atom is 0.407 e. The van der Waals surface area contributed by atoms with Crippen LogP contribution in [-0.2, 0) is 16.9 Å². The van der Waals surface area contributed by atoms with Gasteiger partial charge in [0, 0.05) is 42.9 Å². The second-order valence-corrected chi connectivity index (χ2v) is 11.4. The van der Waals surface area contributed by atoms with Gasteiger partial charge >= 0.3 is 6.09 Å². The Balaban J connectivity index is 1.31. The third kappa shape index (κ3) is 5.50. The molecule has 2 aliphatic heterocycles. The summed E-state index contributed by atoms with van der Waals surface area (Å²) in [6, 6.07) is 11.7. The molecule has 4 heterocycles. The standard InChI is InChI=1S/C27H30FN5O4S/c1-26(2,36)16-6-7-18(20(28)12-16)21-13-19(23(29)34)24(38-21)32-22-5-3-4-17(31-22)14-33-10-8-27(9-11-33)15-30-25(35)37-27/h3-7,12-13,36H,8-11,14-15H2,1-2H3,(H2,29,34)(H,30,35)(H,31,32). The molecule has 2 amide bonds. The van der Waals surface area contributed by atoms with E-state index in [1.54, 1.807) is 38.1 Å². The average molecular weight is 540 g/mol. The van der Waals surface area contributed by atoms with Gasteiger partial charge in [0.05, 0.1) is 23.4 Å². The van der Waals surface area contributed by atoms with Gasteiger partial charge in [0.2, 0.25) is 0 Å². The highest BCUT2D eigenvalue weighted by molar-refractivity contribution is 7.20. The lowest BCUT2D eigenvalue weighted by molar-refractivity contribution is -0.00128. The van der Waals surface area contributed by atoms with E-state index in [1.165, 1.54) is 17.4 Å². The van der Waals surface area contributed by atoms with Crippen molar-refractivity contribution in [2.75, 3.05) is 25.0 Å². The third-order valence-corrected chi connectivity index (χ3v) is 8.09. The summed E-state index contributed by atoms with van der Waals surface area (Å²) in [7, 11) is 0. The summed E-state index contributed by atoms with van der Waals surface area (Å²) in [5, 5.41) is 16.6. The maximum atomic E-state index is 14.9. The summed E-state index contributed by atoms with van der Waals surface area (Å²) in [4.78, 5) is 31.2. The number of alkyl carbamates (subject to hydrolysis) is 1. The minimum Gasteiger partial charge on any atom is -0.441 e. The van der Waals surface area contributed by atoms with Crippen LogP contribution in [0.2, 0.25) is 0 Å². The number of halogens is 1. The van der Waals surface area contributed by atoms with Crippen LogP contribution < -0.4 is 16.4 Å². The molecule has 1 aromatic carbocycles. The van der Waals surface area contributed by atoms with E-state index in [-0.39, 0.29) is 11.7 Å². The molecule has 0 atom stereocenters. The van der Waals surface area contributed by atoms with E-state index in [2.05, 4.69) is 15.5 Å². The predicted octanol–water partition coefficient (Wildman–Crippen LogP) is 4.09. The van der Waals surface area contributed by atoms with Crippen LogP contribution in [0.25, 0.3) is 10.4 Å². The maximum absolute atomic E-state index is 14.9. The van der Waals surface area contributed by atoms with Crippen molar-refractivity contribution in [1.29, 1.82) is 0 Å². The Kier molecular flexibility index (Phi) is 6.84. The van der Waals surface area contributed by atoms with Crippen molar-refractivity contribution in [1.82, 2.24) is 15.2 Å². The van der Waals surface area contributed by atoms with Crippen molar-refractivity contribution in [3.63, 3.8) is 0 Å². The van der Waals surface area contributed by atoms with Gasteiger partial charge in [0.15, 0.2) is 0 Å². The SMILES string of the molecule is CC(C)(O)c1ccc(-c2cc(C(N)=O)c(Nc3cccc(CN4CCC5(CC4)CNC(=O)O5)n3)s2)c(F)c1. The quantitative estimate of drug-likeness (QED) is 0.356. The van der Waals surface area contributed by atoms with Crippen molar-refractivity contribution < 1.29 is 23.8 Å². The Morgan fingerprint density at radius 2 is 2.05 bits per heavy atom. The molecule has 3 aromatic rings. The number of piperidine rings is 1. The summed E-state index contributed by atoms with van der Waals surface area (Å²) in [5.74, 6) is -0.595. The number of ether oxygens (including phenoxy) is 1. The highest BCUT2D eigenvalue weighted by Gasteiger charge is 2.42. The summed E-state index contributed by atoms with van der Waals surface area (Å²) < 4.78 is 20.4. The fourth-order valence-corrected chi connectivity index (χ4v) is 5.87. The number of aliphatic hydroxyl groups is 1. The number of thiophene rings is 1. The van der Waals surface area contributed by atoms with Gasteiger partial charge in [0.25, 0.3) is 5.91 Å². The highest BCUT2D eigenvalue weighted by Crippen LogP contribution is 2.39. The number of nitrogens with two attached hydrogens (primary N) is 1. The van der Waals surface area contributed by atoms with Crippen molar-refractivity contribution >= 4 is 34.2 Å². The molecule has 0 saturated carbocycles. The minimum atomic E-state index is -1.17. The molecule has 2 saturated heterocycles. The second-order valence-electron chi connectivity index (χ2n) is 10.3. The molecular weight excluding hydrogens is 509 g/mol. The van der Waals surface area contributed by atoms with Gasteiger partial charge < -0.3 is 26.2 Å². The van der Waals surface area contributed by atoms with Gasteiger partial charge in [-0.1, -0.05) is 18.2 Å². The van der Waals surface area contributed by atoms with Crippen LogP contribution in [0.5, 0.6) is 0 Å². The fourth-order valence-electron chi connectivity index (χ4n) is 4.78. The number of benzene rings is 1. The molecule has 5 rings (SSSR count). The van der Waals surface area contributed by atoms with E-state index in [1.807, 2.05) is 12.1 Å². The number of hydrogen-bond acceptors (Lipinski definition) is 8. The van der Waals surface area contributed by atoms with Crippen molar-refractivity contribution in [2.45, 2.75) is 44.4 Å². The van der Waals surface area contributed by atoms with Crippen LogP contribution >= 0.6 is 11.3 Å². The largest absolute Gasteiger partial charge is 0.441 e. The number of nitrogens with one attached hydrogen (secondary N) is 2. The number of likely N-dealkylation sites (tertiary alicyclic amines) is 1.